The van der Waals surface area contributed by atoms with E-state index in [2.05, 4.69) is 71.9 Å². The van der Waals surface area contributed by atoms with E-state index in [0.717, 1.165) is 41.3 Å². The van der Waals surface area contributed by atoms with Gasteiger partial charge in [-0.1, -0.05) is 53.7 Å². The summed E-state index contributed by atoms with van der Waals surface area (Å²) in [6.45, 7) is 12.8. The molecule has 3 aromatic rings. The Balaban J connectivity index is 1.50. The number of benzene rings is 1. The molecule has 0 saturated carbocycles. The van der Waals surface area contributed by atoms with Gasteiger partial charge in [-0.25, -0.2) is 15.0 Å². The highest BCUT2D eigenvalue weighted by atomic mass is 16.5. The van der Waals surface area contributed by atoms with Gasteiger partial charge in [0.2, 0.25) is 0 Å². The first-order valence-corrected chi connectivity index (χ1v) is 11.1. The van der Waals surface area contributed by atoms with E-state index in [1.165, 1.54) is 11.1 Å². The van der Waals surface area contributed by atoms with E-state index in [0.29, 0.717) is 11.9 Å². The van der Waals surface area contributed by atoms with E-state index in [1.54, 1.807) is 0 Å². The van der Waals surface area contributed by atoms with Gasteiger partial charge in [-0.05, 0) is 42.2 Å². The van der Waals surface area contributed by atoms with Gasteiger partial charge in [-0.15, -0.1) is 0 Å². The van der Waals surface area contributed by atoms with Crippen molar-refractivity contribution in [2.24, 2.45) is 0 Å². The second-order valence-corrected chi connectivity index (χ2v) is 10.8. The third-order valence-corrected chi connectivity index (χ3v) is 6.09. The minimum atomic E-state index is -0.156. The Hall–Kier alpha value is -2.66. The van der Waals surface area contributed by atoms with E-state index in [4.69, 9.17) is 24.7 Å². The van der Waals surface area contributed by atoms with Crippen molar-refractivity contribution in [3.8, 4) is 22.6 Å². The fraction of sp³-hybridized carbons (Fsp3) is 0.462. The second-order valence-electron chi connectivity index (χ2n) is 10.8. The zero-order valence-electron chi connectivity index (χ0n) is 19.2. The minimum Gasteiger partial charge on any atom is -0.366 e. The Morgan fingerprint density at radius 1 is 0.742 bits per heavy atom. The van der Waals surface area contributed by atoms with Crippen molar-refractivity contribution in [3.63, 3.8) is 0 Å². The van der Waals surface area contributed by atoms with Crippen molar-refractivity contribution in [1.82, 2.24) is 19.9 Å². The van der Waals surface area contributed by atoms with Crippen LogP contribution in [-0.4, -0.2) is 19.9 Å². The van der Waals surface area contributed by atoms with Gasteiger partial charge in [0.1, 0.15) is 11.6 Å². The lowest BCUT2D eigenvalue weighted by Gasteiger charge is -2.22. The predicted molar refractivity (Wildman–Crippen MR) is 122 cm³/mol. The lowest BCUT2D eigenvalue weighted by molar-refractivity contribution is 0.0717. The van der Waals surface area contributed by atoms with Gasteiger partial charge >= 0.3 is 0 Å². The summed E-state index contributed by atoms with van der Waals surface area (Å²) in [7, 11) is 0. The van der Waals surface area contributed by atoms with Gasteiger partial charge < -0.3 is 4.74 Å². The van der Waals surface area contributed by atoms with E-state index >= 15 is 0 Å². The van der Waals surface area contributed by atoms with Gasteiger partial charge in [0.25, 0.3) is 0 Å². The Kier molecular flexibility index (Phi) is 4.52. The standard InChI is InChI=1S/C26H30N4O/c1-25(2,3)23-28-22(29-24(30-23)26(4,5)6)16-8-10-19(27-14-16)15-7-9-17-18(13-15)21-12-11-20(17)31-21/h7-10,13-14,20-21H,11-12H2,1-6H3. The summed E-state index contributed by atoms with van der Waals surface area (Å²) in [5.74, 6) is 2.30. The summed E-state index contributed by atoms with van der Waals surface area (Å²) in [6, 6.07) is 10.7. The molecule has 4 heterocycles. The molecular formula is C26H30N4O. The summed E-state index contributed by atoms with van der Waals surface area (Å²) in [6.07, 6.45) is 4.69. The zero-order chi connectivity index (χ0) is 22.0. The maximum Gasteiger partial charge on any atom is 0.164 e. The van der Waals surface area contributed by atoms with Crippen LogP contribution in [0.15, 0.2) is 36.5 Å². The highest BCUT2D eigenvalue weighted by Crippen LogP contribution is 2.51. The Labute approximate surface area is 184 Å². The molecule has 5 rings (SSSR count). The van der Waals surface area contributed by atoms with E-state index in [9.17, 15) is 0 Å². The van der Waals surface area contributed by atoms with Crippen molar-refractivity contribution in [2.45, 2.75) is 77.4 Å². The van der Waals surface area contributed by atoms with Crippen LogP contribution in [0.5, 0.6) is 0 Å². The topological polar surface area (TPSA) is 60.8 Å². The van der Waals surface area contributed by atoms with E-state index in [-0.39, 0.29) is 16.9 Å². The molecule has 2 aliphatic rings. The van der Waals surface area contributed by atoms with Crippen LogP contribution in [0.2, 0.25) is 0 Å². The quantitative estimate of drug-likeness (QED) is 0.507. The molecule has 1 aromatic carbocycles. The van der Waals surface area contributed by atoms with Crippen molar-refractivity contribution in [3.05, 3.63) is 59.3 Å². The van der Waals surface area contributed by atoms with Gasteiger partial charge in [0.05, 0.1) is 17.9 Å². The molecule has 0 N–H and O–H groups in total. The molecular weight excluding hydrogens is 384 g/mol. The summed E-state index contributed by atoms with van der Waals surface area (Å²) in [4.78, 5) is 19.1. The van der Waals surface area contributed by atoms with Crippen molar-refractivity contribution >= 4 is 0 Å². The first-order chi connectivity index (χ1) is 14.6. The monoisotopic (exact) mass is 414 g/mol. The van der Waals surface area contributed by atoms with Gasteiger partial charge in [-0.3, -0.25) is 4.98 Å². The predicted octanol–water partition coefficient (Wildman–Crippen LogP) is 6.10. The molecule has 2 unspecified atom stereocenters. The molecule has 0 spiro atoms. The van der Waals surface area contributed by atoms with E-state index in [1.807, 2.05) is 6.20 Å². The molecule has 2 aliphatic heterocycles. The largest absolute Gasteiger partial charge is 0.366 e. The first-order valence-electron chi connectivity index (χ1n) is 11.1. The summed E-state index contributed by atoms with van der Waals surface area (Å²) in [5, 5.41) is 0. The van der Waals surface area contributed by atoms with Crippen LogP contribution in [0.25, 0.3) is 22.6 Å². The number of fused-ring (bicyclic) bond motifs is 5. The number of ether oxygens (including phenoxy) is 1. The Morgan fingerprint density at radius 2 is 1.35 bits per heavy atom. The lowest BCUT2D eigenvalue weighted by Crippen LogP contribution is -2.24. The average Bonchev–Trinajstić information content (AvgIpc) is 3.35. The normalized spacial score (nSPS) is 20.2. The molecule has 1 saturated heterocycles. The van der Waals surface area contributed by atoms with E-state index < -0.39 is 0 Å². The number of pyridine rings is 1. The van der Waals surface area contributed by atoms with Crippen molar-refractivity contribution in [1.29, 1.82) is 0 Å². The fourth-order valence-electron chi connectivity index (χ4n) is 4.27. The third-order valence-electron chi connectivity index (χ3n) is 6.09. The molecule has 2 atom stereocenters. The zero-order valence-corrected chi connectivity index (χ0v) is 19.2. The molecule has 31 heavy (non-hydrogen) atoms. The molecule has 1 fully saturated rings. The fourth-order valence-corrected chi connectivity index (χ4v) is 4.27. The molecule has 0 amide bonds. The average molecular weight is 415 g/mol. The highest BCUT2D eigenvalue weighted by Gasteiger charge is 2.37. The molecule has 2 bridgehead atoms. The molecule has 0 radical (unpaired) electrons. The van der Waals surface area contributed by atoms with Gasteiger partial charge in [0.15, 0.2) is 5.82 Å². The minimum absolute atomic E-state index is 0.156. The highest BCUT2D eigenvalue weighted by molar-refractivity contribution is 5.65. The van der Waals surface area contributed by atoms with Crippen LogP contribution in [0.1, 0.15) is 89.4 Å². The molecule has 160 valence electrons. The summed E-state index contributed by atoms with van der Waals surface area (Å²) < 4.78 is 6.04. The summed E-state index contributed by atoms with van der Waals surface area (Å²) in [5.41, 5.74) is 5.37. The molecule has 0 aliphatic carbocycles. The smallest absolute Gasteiger partial charge is 0.164 e. The first kappa shape index (κ1) is 20.3. The maximum absolute atomic E-state index is 6.04. The molecule has 5 heteroatoms. The second kappa shape index (κ2) is 6.92. The molecule has 2 aromatic heterocycles. The van der Waals surface area contributed by atoms with Crippen LogP contribution in [0.4, 0.5) is 0 Å². The SMILES string of the molecule is CC(C)(C)c1nc(-c2ccc(-c3ccc4c(c3)C3CCC4O3)nc2)nc(C(C)(C)C)n1. The number of rotatable bonds is 2. The maximum atomic E-state index is 6.04. The van der Waals surface area contributed by atoms with Gasteiger partial charge in [0, 0.05) is 28.2 Å². The number of hydrogen-bond acceptors (Lipinski definition) is 5. The van der Waals surface area contributed by atoms with Crippen LogP contribution in [0.3, 0.4) is 0 Å². The lowest BCUT2D eigenvalue weighted by atomic mass is 9.90. The number of hydrogen-bond donors (Lipinski definition) is 0. The number of nitrogens with zero attached hydrogens (tertiary/aromatic N) is 4. The van der Waals surface area contributed by atoms with Crippen LogP contribution >= 0.6 is 0 Å². The van der Waals surface area contributed by atoms with Crippen molar-refractivity contribution in [2.75, 3.05) is 0 Å². The van der Waals surface area contributed by atoms with Crippen LogP contribution in [-0.2, 0) is 15.6 Å². The van der Waals surface area contributed by atoms with Crippen LogP contribution in [0, 0.1) is 0 Å². The Morgan fingerprint density at radius 3 is 1.94 bits per heavy atom. The third kappa shape index (κ3) is 3.65. The van der Waals surface area contributed by atoms with Gasteiger partial charge in [-0.2, -0.15) is 0 Å². The van der Waals surface area contributed by atoms with Crippen molar-refractivity contribution < 1.29 is 4.74 Å². The molecule has 5 nitrogen and oxygen atoms in total. The number of aromatic nitrogens is 4. The summed E-state index contributed by atoms with van der Waals surface area (Å²) >= 11 is 0. The Bertz CT molecular complexity index is 1110. The van der Waals surface area contributed by atoms with Crippen LogP contribution < -0.4 is 0 Å².